The van der Waals surface area contributed by atoms with E-state index in [2.05, 4.69) is 5.32 Å². The number of ether oxygens (including phenoxy) is 1. The van der Waals surface area contributed by atoms with Crippen molar-refractivity contribution in [3.05, 3.63) is 65.7 Å². The molecule has 1 aliphatic carbocycles. The van der Waals surface area contributed by atoms with Gasteiger partial charge in [-0.1, -0.05) is 48.5 Å². The number of carbonyl (C=O) groups excluding carboxylic acids is 1. The lowest BCUT2D eigenvalue weighted by Crippen LogP contribution is -2.33. The molecular formula is C19H23ClN2O2. The average molecular weight is 347 g/mol. The van der Waals surface area contributed by atoms with Crippen molar-refractivity contribution < 1.29 is 9.53 Å². The minimum absolute atomic E-state index is 0. The third-order valence-corrected chi connectivity index (χ3v) is 4.04. The smallest absolute Gasteiger partial charge is 0.241 e. The van der Waals surface area contributed by atoms with Crippen LogP contribution >= 0.6 is 12.4 Å². The number of carbonyl (C=O) groups is 1. The standard InChI is InChI=1S/C19H22N2O2.ClH/c20-18(15-6-2-1-3-7-15)19(22)21-12-16-8-4-5-9-17(16)23-13-14-10-11-14;/h1-9,14,18H,10-13,20H2,(H,21,22);1H. The first kappa shape index (κ1) is 18.3. The van der Waals surface area contributed by atoms with Crippen molar-refractivity contribution >= 4 is 18.3 Å². The maximum absolute atomic E-state index is 12.2. The van der Waals surface area contributed by atoms with E-state index in [9.17, 15) is 4.79 Å². The summed E-state index contributed by atoms with van der Waals surface area (Å²) in [4.78, 5) is 12.2. The molecule has 1 unspecified atom stereocenters. The number of nitrogens with one attached hydrogen (secondary N) is 1. The Hall–Kier alpha value is -2.04. The van der Waals surface area contributed by atoms with Gasteiger partial charge in [0.1, 0.15) is 11.8 Å². The number of hydrogen-bond acceptors (Lipinski definition) is 3. The fourth-order valence-corrected chi connectivity index (χ4v) is 2.39. The molecule has 24 heavy (non-hydrogen) atoms. The quantitative estimate of drug-likeness (QED) is 0.809. The number of amides is 1. The van der Waals surface area contributed by atoms with Gasteiger partial charge in [0, 0.05) is 12.1 Å². The Balaban J connectivity index is 0.00000208. The summed E-state index contributed by atoms with van der Waals surface area (Å²) in [5, 5.41) is 2.90. The van der Waals surface area contributed by atoms with E-state index in [1.54, 1.807) is 0 Å². The summed E-state index contributed by atoms with van der Waals surface area (Å²) in [7, 11) is 0. The van der Waals surface area contributed by atoms with Crippen molar-refractivity contribution in [3.63, 3.8) is 0 Å². The van der Waals surface area contributed by atoms with Crippen molar-refractivity contribution in [3.8, 4) is 5.75 Å². The van der Waals surface area contributed by atoms with Crippen molar-refractivity contribution in [1.82, 2.24) is 5.32 Å². The molecular weight excluding hydrogens is 324 g/mol. The first-order valence-electron chi connectivity index (χ1n) is 8.03. The van der Waals surface area contributed by atoms with Crippen molar-refractivity contribution in [2.24, 2.45) is 11.7 Å². The first-order chi connectivity index (χ1) is 11.2. The van der Waals surface area contributed by atoms with Crippen LogP contribution in [0.2, 0.25) is 0 Å². The number of rotatable bonds is 7. The second-order valence-electron chi connectivity index (χ2n) is 5.97. The van der Waals surface area contributed by atoms with E-state index in [4.69, 9.17) is 10.5 Å². The second kappa shape index (κ2) is 8.71. The van der Waals surface area contributed by atoms with Gasteiger partial charge in [-0.05, 0) is 30.4 Å². The van der Waals surface area contributed by atoms with Gasteiger partial charge in [-0.3, -0.25) is 4.79 Å². The predicted molar refractivity (Wildman–Crippen MR) is 97.1 cm³/mol. The highest BCUT2D eigenvalue weighted by Crippen LogP contribution is 2.30. The van der Waals surface area contributed by atoms with Crippen LogP contribution in [0.4, 0.5) is 0 Å². The van der Waals surface area contributed by atoms with E-state index in [1.807, 2.05) is 54.6 Å². The average Bonchev–Trinajstić information content (AvgIpc) is 3.43. The molecule has 1 amide bonds. The Bertz CT molecular complexity index is 659. The zero-order valence-corrected chi connectivity index (χ0v) is 14.3. The third-order valence-electron chi connectivity index (χ3n) is 4.04. The largest absolute Gasteiger partial charge is 0.493 e. The number of nitrogens with two attached hydrogens (primary N) is 1. The molecule has 0 aliphatic heterocycles. The van der Waals surface area contributed by atoms with Crippen LogP contribution in [0, 0.1) is 5.92 Å². The predicted octanol–water partition coefficient (Wildman–Crippen LogP) is 3.21. The topological polar surface area (TPSA) is 64.4 Å². The number of hydrogen-bond donors (Lipinski definition) is 2. The highest BCUT2D eigenvalue weighted by molar-refractivity contribution is 5.85. The molecule has 0 aromatic heterocycles. The molecule has 1 fully saturated rings. The Labute approximate surface area is 148 Å². The van der Waals surface area contributed by atoms with E-state index in [0.717, 1.165) is 23.5 Å². The van der Waals surface area contributed by atoms with Gasteiger partial charge in [-0.25, -0.2) is 0 Å². The Morgan fingerprint density at radius 2 is 1.79 bits per heavy atom. The van der Waals surface area contributed by atoms with E-state index < -0.39 is 6.04 Å². The molecule has 128 valence electrons. The fraction of sp³-hybridized carbons (Fsp3) is 0.316. The van der Waals surface area contributed by atoms with Crippen LogP contribution in [-0.2, 0) is 11.3 Å². The van der Waals surface area contributed by atoms with Crippen LogP contribution in [0.5, 0.6) is 5.75 Å². The highest BCUT2D eigenvalue weighted by Gasteiger charge is 2.22. The van der Waals surface area contributed by atoms with Crippen molar-refractivity contribution in [1.29, 1.82) is 0 Å². The first-order valence-corrected chi connectivity index (χ1v) is 8.03. The lowest BCUT2D eigenvalue weighted by molar-refractivity contribution is -0.122. The van der Waals surface area contributed by atoms with Gasteiger partial charge >= 0.3 is 0 Å². The van der Waals surface area contributed by atoms with Crippen molar-refractivity contribution in [2.45, 2.75) is 25.4 Å². The van der Waals surface area contributed by atoms with Gasteiger partial charge in [0.15, 0.2) is 0 Å². The highest BCUT2D eigenvalue weighted by atomic mass is 35.5. The summed E-state index contributed by atoms with van der Waals surface area (Å²) in [6.07, 6.45) is 2.51. The molecule has 0 saturated heterocycles. The zero-order valence-electron chi connectivity index (χ0n) is 13.5. The van der Waals surface area contributed by atoms with Crippen LogP contribution in [0.3, 0.4) is 0 Å². The van der Waals surface area contributed by atoms with Gasteiger partial charge in [-0.15, -0.1) is 12.4 Å². The zero-order chi connectivity index (χ0) is 16.1. The normalized spacial score (nSPS) is 14.4. The van der Waals surface area contributed by atoms with E-state index >= 15 is 0 Å². The Kier molecular flexibility index (Phi) is 6.64. The summed E-state index contributed by atoms with van der Waals surface area (Å²) in [5.41, 5.74) is 7.79. The maximum atomic E-state index is 12.2. The van der Waals surface area contributed by atoms with Crippen LogP contribution < -0.4 is 15.8 Å². The van der Waals surface area contributed by atoms with Crippen molar-refractivity contribution in [2.75, 3.05) is 6.61 Å². The van der Waals surface area contributed by atoms with Gasteiger partial charge in [0.05, 0.1) is 6.61 Å². The molecule has 1 atom stereocenters. The molecule has 1 aliphatic rings. The summed E-state index contributed by atoms with van der Waals surface area (Å²) < 4.78 is 5.86. The lowest BCUT2D eigenvalue weighted by Gasteiger charge is -2.15. The van der Waals surface area contributed by atoms with Gasteiger partial charge < -0.3 is 15.8 Å². The molecule has 1 saturated carbocycles. The third kappa shape index (κ3) is 4.98. The van der Waals surface area contributed by atoms with Crippen LogP contribution in [0.15, 0.2) is 54.6 Å². The van der Waals surface area contributed by atoms with Gasteiger partial charge in [0.2, 0.25) is 5.91 Å². The van der Waals surface area contributed by atoms with Crippen LogP contribution in [-0.4, -0.2) is 12.5 Å². The summed E-state index contributed by atoms with van der Waals surface area (Å²) >= 11 is 0. The van der Waals surface area contributed by atoms with E-state index in [-0.39, 0.29) is 18.3 Å². The minimum Gasteiger partial charge on any atom is -0.493 e. The monoisotopic (exact) mass is 346 g/mol. The van der Waals surface area contributed by atoms with Crippen LogP contribution in [0.25, 0.3) is 0 Å². The Morgan fingerprint density at radius 3 is 2.50 bits per heavy atom. The number of benzene rings is 2. The molecule has 3 N–H and O–H groups in total. The summed E-state index contributed by atoms with van der Waals surface area (Å²) in [5.74, 6) is 1.35. The molecule has 0 spiro atoms. The summed E-state index contributed by atoms with van der Waals surface area (Å²) in [6.45, 7) is 1.18. The molecule has 0 heterocycles. The molecule has 0 radical (unpaired) electrons. The minimum atomic E-state index is -0.657. The summed E-state index contributed by atoms with van der Waals surface area (Å²) in [6, 6.07) is 16.5. The molecule has 3 rings (SSSR count). The molecule has 2 aromatic carbocycles. The lowest BCUT2D eigenvalue weighted by atomic mass is 10.1. The van der Waals surface area contributed by atoms with Gasteiger partial charge in [0.25, 0.3) is 0 Å². The fourth-order valence-electron chi connectivity index (χ4n) is 2.39. The maximum Gasteiger partial charge on any atom is 0.241 e. The SMILES string of the molecule is Cl.NC(C(=O)NCc1ccccc1OCC1CC1)c1ccccc1. The Morgan fingerprint density at radius 1 is 1.12 bits per heavy atom. The molecule has 4 nitrogen and oxygen atoms in total. The number of para-hydroxylation sites is 1. The number of halogens is 1. The van der Waals surface area contributed by atoms with E-state index in [1.165, 1.54) is 12.8 Å². The second-order valence-corrected chi connectivity index (χ2v) is 5.97. The van der Waals surface area contributed by atoms with Crippen LogP contribution in [0.1, 0.15) is 30.0 Å². The molecule has 2 aromatic rings. The van der Waals surface area contributed by atoms with E-state index in [0.29, 0.717) is 12.5 Å². The van der Waals surface area contributed by atoms with Gasteiger partial charge in [-0.2, -0.15) is 0 Å². The molecule has 5 heteroatoms. The molecule has 0 bridgehead atoms.